The zero-order valence-corrected chi connectivity index (χ0v) is 10.6. The summed E-state index contributed by atoms with van der Waals surface area (Å²) in [5, 5.41) is 5.44. The summed E-state index contributed by atoms with van der Waals surface area (Å²) < 4.78 is 0. The van der Waals surface area contributed by atoms with Gasteiger partial charge in [0.05, 0.1) is 6.04 Å². The second-order valence-electron chi connectivity index (χ2n) is 4.85. The zero-order valence-electron chi connectivity index (χ0n) is 10.6. The number of nitrogens with one attached hydrogen (secondary N) is 2. The molecule has 16 heavy (non-hydrogen) atoms. The molecule has 0 fully saturated rings. The summed E-state index contributed by atoms with van der Waals surface area (Å²) in [7, 11) is 0. The van der Waals surface area contributed by atoms with Crippen molar-refractivity contribution in [1.82, 2.24) is 10.6 Å². The first-order valence-electron chi connectivity index (χ1n) is 5.60. The lowest BCUT2D eigenvalue weighted by molar-refractivity contribution is -0.123. The Labute approximate surface area is 97.2 Å². The molecule has 0 radical (unpaired) electrons. The van der Waals surface area contributed by atoms with E-state index in [9.17, 15) is 9.59 Å². The van der Waals surface area contributed by atoms with Gasteiger partial charge in [-0.3, -0.25) is 9.59 Å². The maximum atomic E-state index is 11.4. The van der Waals surface area contributed by atoms with Gasteiger partial charge in [-0.05, 0) is 27.2 Å². The van der Waals surface area contributed by atoms with Gasteiger partial charge in [-0.25, -0.2) is 0 Å². The lowest BCUT2D eigenvalue weighted by atomic mass is 10.1. The van der Waals surface area contributed by atoms with Crippen LogP contribution in [0.25, 0.3) is 0 Å². The van der Waals surface area contributed by atoms with Crippen LogP contribution in [-0.2, 0) is 9.59 Å². The lowest BCUT2D eigenvalue weighted by Crippen LogP contribution is -2.44. The van der Waals surface area contributed by atoms with Crippen LogP contribution in [-0.4, -0.2) is 29.9 Å². The Hall–Kier alpha value is -1.10. The van der Waals surface area contributed by atoms with Crippen molar-refractivity contribution in [3.05, 3.63) is 0 Å². The van der Waals surface area contributed by atoms with Gasteiger partial charge in [-0.15, -0.1) is 0 Å². The molecular formula is C11H23N3O2. The fourth-order valence-electron chi connectivity index (χ4n) is 1.10. The van der Waals surface area contributed by atoms with E-state index in [4.69, 9.17) is 5.73 Å². The van der Waals surface area contributed by atoms with Gasteiger partial charge in [0.1, 0.15) is 0 Å². The normalized spacial score (nSPS) is 13.1. The molecule has 0 aromatic rings. The van der Waals surface area contributed by atoms with Gasteiger partial charge >= 0.3 is 0 Å². The predicted molar refractivity (Wildman–Crippen MR) is 63.8 cm³/mol. The summed E-state index contributed by atoms with van der Waals surface area (Å²) in [6.07, 6.45) is 0.874. The first-order chi connectivity index (χ1) is 7.26. The van der Waals surface area contributed by atoms with Gasteiger partial charge in [0.25, 0.3) is 0 Å². The molecule has 0 rings (SSSR count). The first kappa shape index (κ1) is 14.9. The third-order valence-corrected chi connectivity index (χ3v) is 1.94. The second kappa shape index (κ2) is 6.48. The molecule has 0 aliphatic rings. The molecule has 0 heterocycles. The van der Waals surface area contributed by atoms with E-state index in [1.54, 1.807) is 0 Å². The van der Waals surface area contributed by atoms with E-state index in [0.29, 0.717) is 13.0 Å². The van der Waals surface area contributed by atoms with Crippen molar-refractivity contribution < 1.29 is 9.59 Å². The number of nitrogens with two attached hydrogens (primary N) is 1. The van der Waals surface area contributed by atoms with Gasteiger partial charge in [-0.2, -0.15) is 0 Å². The Kier molecular flexibility index (Phi) is 6.03. The average Bonchev–Trinajstić information content (AvgIpc) is 2.13. The third kappa shape index (κ3) is 7.23. The monoisotopic (exact) mass is 229 g/mol. The van der Waals surface area contributed by atoms with Crippen molar-refractivity contribution in [3.63, 3.8) is 0 Å². The minimum Gasteiger partial charge on any atom is -0.354 e. The molecule has 5 heteroatoms. The highest BCUT2D eigenvalue weighted by Gasteiger charge is 2.14. The highest BCUT2D eigenvalue weighted by molar-refractivity contribution is 5.82. The number of carbonyl (C=O) groups is 2. The van der Waals surface area contributed by atoms with Crippen molar-refractivity contribution in [1.29, 1.82) is 0 Å². The predicted octanol–water partition coefficient (Wildman–Crippen LogP) is 0.145. The summed E-state index contributed by atoms with van der Waals surface area (Å²) >= 11 is 0. The van der Waals surface area contributed by atoms with E-state index >= 15 is 0 Å². The molecule has 5 nitrogen and oxygen atoms in total. The van der Waals surface area contributed by atoms with Crippen LogP contribution in [0.5, 0.6) is 0 Å². The number of hydrogen-bond acceptors (Lipinski definition) is 3. The quantitative estimate of drug-likeness (QED) is 0.627. The Morgan fingerprint density at radius 2 is 1.88 bits per heavy atom. The van der Waals surface area contributed by atoms with Crippen LogP contribution in [0, 0.1) is 0 Å². The molecule has 94 valence electrons. The van der Waals surface area contributed by atoms with Crippen LogP contribution in [0.2, 0.25) is 0 Å². The standard InChI is InChI=1S/C11H23N3O2/c1-5-8(12)10(16)13-7-6-9(15)14-11(2,3)4/h8H,5-7,12H2,1-4H3,(H,13,16)(H,14,15). The molecule has 4 N–H and O–H groups in total. The smallest absolute Gasteiger partial charge is 0.236 e. The van der Waals surface area contributed by atoms with E-state index < -0.39 is 6.04 Å². The van der Waals surface area contributed by atoms with E-state index in [0.717, 1.165) is 0 Å². The molecule has 2 amide bonds. The SMILES string of the molecule is CCC(N)C(=O)NCCC(=O)NC(C)(C)C. The van der Waals surface area contributed by atoms with E-state index in [1.807, 2.05) is 27.7 Å². The summed E-state index contributed by atoms with van der Waals surface area (Å²) in [4.78, 5) is 22.7. The molecule has 0 spiro atoms. The largest absolute Gasteiger partial charge is 0.354 e. The molecule has 0 aliphatic heterocycles. The van der Waals surface area contributed by atoms with Crippen molar-refractivity contribution in [2.75, 3.05) is 6.54 Å². The molecule has 0 saturated carbocycles. The fourth-order valence-corrected chi connectivity index (χ4v) is 1.10. The van der Waals surface area contributed by atoms with Crippen LogP contribution >= 0.6 is 0 Å². The Morgan fingerprint density at radius 1 is 1.31 bits per heavy atom. The number of rotatable bonds is 5. The molecule has 0 bridgehead atoms. The fraction of sp³-hybridized carbons (Fsp3) is 0.818. The number of amides is 2. The maximum absolute atomic E-state index is 11.4. The topological polar surface area (TPSA) is 84.2 Å². The summed E-state index contributed by atoms with van der Waals surface area (Å²) in [5.74, 6) is -0.274. The Bertz CT molecular complexity index is 246. The van der Waals surface area contributed by atoms with Crippen molar-refractivity contribution in [2.24, 2.45) is 5.73 Å². The van der Waals surface area contributed by atoms with Crippen molar-refractivity contribution in [3.8, 4) is 0 Å². The minimum atomic E-state index is -0.481. The zero-order chi connectivity index (χ0) is 12.8. The van der Waals surface area contributed by atoms with Crippen LogP contribution in [0.1, 0.15) is 40.5 Å². The van der Waals surface area contributed by atoms with Crippen molar-refractivity contribution >= 4 is 11.8 Å². The maximum Gasteiger partial charge on any atom is 0.236 e. The molecule has 0 aromatic carbocycles. The van der Waals surface area contributed by atoms with Crippen LogP contribution in [0.15, 0.2) is 0 Å². The van der Waals surface area contributed by atoms with Gasteiger partial charge in [0.2, 0.25) is 11.8 Å². The average molecular weight is 229 g/mol. The Balaban J connectivity index is 3.75. The summed E-state index contributed by atoms with van der Waals surface area (Å²) in [5.41, 5.74) is 5.29. The summed E-state index contributed by atoms with van der Waals surface area (Å²) in [6.45, 7) is 7.91. The number of carbonyl (C=O) groups excluding carboxylic acids is 2. The molecule has 1 unspecified atom stereocenters. The van der Waals surface area contributed by atoms with Gasteiger partial charge < -0.3 is 16.4 Å². The van der Waals surface area contributed by atoms with Gasteiger partial charge in [-0.1, -0.05) is 6.92 Å². The van der Waals surface area contributed by atoms with E-state index in [-0.39, 0.29) is 23.8 Å². The second-order valence-corrected chi connectivity index (χ2v) is 4.85. The first-order valence-corrected chi connectivity index (χ1v) is 5.60. The van der Waals surface area contributed by atoms with Gasteiger partial charge in [0.15, 0.2) is 0 Å². The lowest BCUT2D eigenvalue weighted by Gasteiger charge is -2.20. The highest BCUT2D eigenvalue weighted by atomic mass is 16.2. The van der Waals surface area contributed by atoms with E-state index in [2.05, 4.69) is 10.6 Å². The molecule has 0 saturated heterocycles. The molecule has 1 atom stereocenters. The number of hydrogen-bond donors (Lipinski definition) is 3. The van der Waals surface area contributed by atoms with Gasteiger partial charge in [0, 0.05) is 18.5 Å². The highest BCUT2D eigenvalue weighted by Crippen LogP contribution is 1.98. The van der Waals surface area contributed by atoms with Crippen LogP contribution in [0.4, 0.5) is 0 Å². The van der Waals surface area contributed by atoms with Crippen LogP contribution in [0.3, 0.4) is 0 Å². The molecule has 0 aliphatic carbocycles. The molecular weight excluding hydrogens is 206 g/mol. The minimum absolute atomic E-state index is 0.0714. The molecule has 0 aromatic heterocycles. The van der Waals surface area contributed by atoms with E-state index in [1.165, 1.54) is 0 Å². The van der Waals surface area contributed by atoms with Crippen LogP contribution < -0.4 is 16.4 Å². The third-order valence-electron chi connectivity index (χ3n) is 1.94. The van der Waals surface area contributed by atoms with Crippen molar-refractivity contribution in [2.45, 2.75) is 52.1 Å². The summed E-state index contributed by atoms with van der Waals surface area (Å²) in [6, 6.07) is -0.481. The Morgan fingerprint density at radius 3 is 2.31 bits per heavy atom.